The van der Waals surface area contributed by atoms with Gasteiger partial charge in [-0.25, -0.2) is 0 Å². The summed E-state index contributed by atoms with van der Waals surface area (Å²) in [6.07, 6.45) is -3.97. The fraction of sp³-hybridized carbons (Fsp3) is 0.538. The van der Waals surface area contributed by atoms with Gasteiger partial charge < -0.3 is 14.7 Å². The number of benzene rings is 1. The smallest absolute Gasteiger partial charge is 0.416 e. The largest absolute Gasteiger partial charge is 0.496 e. The van der Waals surface area contributed by atoms with E-state index >= 15 is 0 Å². The molecule has 3 nitrogen and oxygen atoms in total. The molecule has 0 aliphatic carbocycles. The first kappa shape index (κ1) is 15.8. The molecule has 0 heterocycles. The van der Waals surface area contributed by atoms with E-state index in [1.807, 2.05) is 4.90 Å². The van der Waals surface area contributed by atoms with Crippen LogP contribution in [0.25, 0.3) is 0 Å². The Balaban J connectivity index is 3.21. The number of aliphatic hydroxyl groups excluding tert-OH is 1. The molecule has 0 saturated carbocycles. The molecule has 0 saturated heterocycles. The van der Waals surface area contributed by atoms with Crippen LogP contribution in [0.4, 0.5) is 13.2 Å². The van der Waals surface area contributed by atoms with Crippen LogP contribution < -0.4 is 4.74 Å². The molecule has 0 aromatic heterocycles. The maximum Gasteiger partial charge on any atom is 0.416 e. The molecular formula is C13H18F3NO2. The minimum atomic E-state index is -4.39. The first-order valence-corrected chi connectivity index (χ1v) is 5.83. The van der Waals surface area contributed by atoms with Gasteiger partial charge in [-0.3, -0.25) is 0 Å². The molecule has 1 aromatic rings. The molecule has 19 heavy (non-hydrogen) atoms. The minimum Gasteiger partial charge on any atom is -0.496 e. The van der Waals surface area contributed by atoms with E-state index in [9.17, 15) is 13.2 Å². The summed E-state index contributed by atoms with van der Waals surface area (Å²) in [4.78, 5) is 1.83. The zero-order valence-electron chi connectivity index (χ0n) is 11.2. The Morgan fingerprint density at radius 2 is 1.95 bits per heavy atom. The third kappa shape index (κ3) is 3.84. The van der Waals surface area contributed by atoms with E-state index in [2.05, 4.69) is 0 Å². The quantitative estimate of drug-likeness (QED) is 0.898. The van der Waals surface area contributed by atoms with Crippen molar-refractivity contribution in [2.24, 2.45) is 0 Å². The molecule has 1 atom stereocenters. The molecular weight excluding hydrogens is 259 g/mol. The van der Waals surface area contributed by atoms with Gasteiger partial charge in [0.2, 0.25) is 0 Å². The number of halogens is 3. The molecule has 1 unspecified atom stereocenters. The number of hydrogen-bond donors (Lipinski definition) is 1. The van der Waals surface area contributed by atoms with Crippen molar-refractivity contribution in [1.82, 2.24) is 4.90 Å². The molecule has 0 amide bonds. The van der Waals surface area contributed by atoms with E-state index < -0.39 is 11.7 Å². The highest BCUT2D eigenvalue weighted by molar-refractivity contribution is 5.40. The molecule has 0 fully saturated rings. The van der Waals surface area contributed by atoms with Crippen LogP contribution in [0, 0.1) is 0 Å². The van der Waals surface area contributed by atoms with Gasteiger partial charge in [0.25, 0.3) is 0 Å². The highest BCUT2D eigenvalue weighted by Gasteiger charge is 2.32. The van der Waals surface area contributed by atoms with Gasteiger partial charge in [-0.2, -0.15) is 13.2 Å². The molecule has 0 aliphatic heterocycles. The third-order valence-corrected chi connectivity index (χ3v) is 2.95. The molecule has 0 radical (unpaired) electrons. The predicted octanol–water partition coefficient (Wildman–Crippen LogP) is 2.70. The van der Waals surface area contributed by atoms with E-state index in [1.165, 1.54) is 13.2 Å². The molecule has 0 bridgehead atoms. The summed E-state index contributed by atoms with van der Waals surface area (Å²) >= 11 is 0. The summed E-state index contributed by atoms with van der Waals surface area (Å²) in [6, 6.07) is 3.24. The summed E-state index contributed by atoms with van der Waals surface area (Å²) in [7, 11) is 4.94. The van der Waals surface area contributed by atoms with Crippen LogP contribution in [0.3, 0.4) is 0 Å². The second-order valence-electron chi connectivity index (χ2n) is 4.45. The minimum absolute atomic E-state index is 0.0486. The second kappa shape index (κ2) is 6.25. The van der Waals surface area contributed by atoms with Crippen molar-refractivity contribution >= 4 is 0 Å². The lowest BCUT2D eigenvalue weighted by molar-refractivity contribution is -0.137. The van der Waals surface area contributed by atoms with Crippen LogP contribution in [0.2, 0.25) is 0 Å². The maximum atomic E-state index is 12.6. The van der Waals surface area contributed by atoms with Gasteiger partial charge >= 0.3 is 6.18 Å². The Hall–Kier alpha value is -1.27. The Morgan fingerprint density at radius 1 is 1.32 bits per heavy atom. The second-order valence-corrected chi connectivity index (χ2v) is 4.45. The van der Waals surface area contributed by atoms with Crippen molar-refractivity contribution in [3.05, 3.63) is 29.3 Å². The van der Waals surface area contributed by atoms with Gasteiger partial charge in [0.15, 0.2) is 0 Å². The standard InChI is InChI=1S/C13H18F3NO2/c1-17(2)11(6-7-18)10-5-4-9(13(14,15)16)8-12(10)19-3/h4-5,8,11,18H,6-7H2,1-3H3. The Morgan fingerprint density at radius 3 is 2.37 bits per heavy atom. The van der Waals surface area contributed by atoms with Gasteiger partial charge in [-0.1, -0.05) is 6.07 Å². The Kier molecular flexibility index (Phi) is 5.20. The molecule has 1 N–H and O–H groups in total. The Labute approximate surface area is 110 Å². The van der Waals surface area contributed by atoms with Crippen molar-refractivity contribution < 1.29 is 23.0 Å². The van der Waals surface area contributed by atoms with Gasteiger partial charge in [0.1, 0.15) is 5.75 Å². The van der Waals surface area contributed by atoms with E-state index in [0.29, 0.717) is 12.0 Å². The number of rotatable bonds is 5. The summed E-state index contributed by atoms with van der Waals surface area (Å²) < 4.78 is 43.0. The zero-order valence-corrected chi connectivity index (χ0v) is 11.2. The van der Waals surface area contributed by atoms with E-state index in [4.69, 9.17) is 9.84 Å². The summed E-state index contributed by atoms with van der Waals surface area (Å²) in [6.45, 7) is -0.0486. The summed E-state index contributed by atoms with van der Waals surface area (Å²) in [5.41, 5.74) is -0.107. The first-order valence-electron chi connectivity index (χ1n) is 5.83. The number of ether oxygens (including phenoxy) is 1. The average Bonchev–Trinajstić information content (AvgIpc) is 2.33. The number of hydrogen-bond acceptors (Lipinski definition) is 3. The van der Waals surface area contributed by atoms with Gasteiger partial charge in [-0.15, -0.1) is 0 Å². The fourth-order valence-electron chi connectivity index (χ4n) is 1.98. The monoisotopic (exact) mass is 277 g/mol. The number of nitrogens with zero attached hydrogens (tertiary/aromatic N) is 1. The predicted molar refractivity (Wildman–Crippen MR) is 66.1 cm³/mol. The van der Waals surface area contributed by atoms with E-state index in [0.717, 1.165) is 12.1 Å². The van der Waals surface area contributed by atoms with Crippen molar-refractivity contribution in [3.63, 3.8) is 0 Å². The molecule has 1 aromatic carbocycles. The lowest BCUT2D eigenvalue weighted by Gasteiger charge is -2.26. The van der Waals surface area contributed by atoms with Crippen molar-refractivity contribution in [2.75, 3.05) is 27.8 Å². The highest BCUT2D eigenvalue weighted by atomic mass is 19.4. The number of alkyl halides is 3. The topological polar surface area (TPSA) is 32.7 Å². The van der Waals surface area contributed by atoms with Gasteiger partial charge in [0, 0.05) is 18.2 Å². The normalized spacial score (nSPS) is 13.7. The van der Waals surface area contributed by atoms with Crippen LogP contribution in [0.15, 0.2) is 18.2 Å². The van der Waals surface area contributed by atoms with Crippen LogP contribution >= 0.6 is 0 Å². The van der Waals surface area contributed by atoms with Crippen LogP contribution in [0.5, 0.6) is 5.75 Å². The lowest BCUT2D eigenvalue weighted by atomic mass is 10.00. The van der Waals surface area contributed by atoms with E-state index in [1.54, 1.807) is 14.1 Å². The van der Waals surface area contributed by atoms with Crippen molar-refractivity contribution in [1.29, 1.82) is 0 Å². The van der Waals surface area contributed by atoms with Crippen LogP contribution in [0.1, 0.15) is 23.6 Å². The molecule has 0 aliphatic rings. The SMILES string of the molecule is COc1cc(C(F)(F)F)ccc1C(CCO)N(C)C. The van der Waals surface area contributed by atoms with Crippen LogP contribution in [-0.2, 0) is 6.18 Å². The van der Waals surface area contributed by atoms with Crippen molar-refractivity contribution in [3.8, 4) is 5.75 Å². The first-order chi connectivity index (χ1) is 8.81. The van der Waals surface area contributed by atoms with E-state index in [-0.39, 0.29) is 18.4 Å². The van der Waals surface area contributed by atoms with Gasteiger partial charge in [0.05, 0.1) is 12.7 Å². The average molecular weight is 277 g/mol. The molecule has 108 valence electrons. The fourth-order valence-corrected chi connectivity index (χ4v) is 1.98. The zero-order chi connectivity index (χ0) is 14.6. The number of methoxy groups -OCH3 is 1. The highest BCUT2D eigenvalue weighted by Crippen LogP contribution is 2.36. The van der Waals surface area contributed by atoms with Gasteiger partial charge in [-0.05, 0) is 32.6 Å². The Bertz CT molecular complexity index is 419. The third-order valence-electron chi connectivity index (χ3n) is 2.95. The maximum absolute atomic E-state index is 12.6. The number of aliphatic hydroxyl groups is 1. The van der Waals surface area contributed by atoms with Crippen LogP contribution in [-0.4, -0.2) is 37.8 Å². The molecule has 0 spiro atoms. The summed E-state index contributed by atoms with van der Waals surface area (Å²) in [5.74, 6) is 0.182. The molecule has 6 heteroatoms. The summed E-state index contributed by atoms with van der Waals surface area (Å²) in [5, 5.41) is 9.05. The lowest BCUT2D eigenvalue weighted by Crippen LogP contribution is -2.22. The van der Waals surface area contributed by atoms with Crippen molar-refractivity contribution in [2.45, 2.75) is 18.6 Å². The molecule has 1 rings (SSSR count).